The van der Waals surface area contributed by atoms with Crippen molar-refractivity contribution in [2.24, 2.45) is 0 Å². The molecule has 2 N–H and O–H groups in total. The SMILES string of the molecule is O=C(CCCCOc1cc(=O)oc2cc(Cl)ccc12)NO. The smallest absolute Gasteiger partial charge is 0.339 e. The molecule has 1 aromatic carbocycles. The van der Waals surface area contributed by atoms with Crippen LogP contribution in [-0.4, -0.2) is 17.7 Å². The van der Waals surface area contributed by atoms with E-state index in [1.54, 1.807) is 23.7 Å². The molecule has 2 rings (SSSR count). The van der Waals surface area contributed by atoms with E-state index in [-0.39, 0.29) is 6.42 Å². The first-order valence-electron chi connectivity index (χ1n) is 6.39. The second-order valence-electron chi connectivity index (χ2n) is 4.41. The van der Waals surface area contributed by atoms with Crippen molar-refractivity contribution >= 4 is 28.5 Å². The summed E-state index contributed by atoms with van der Waals surface area (Å²) in [6.07, 6.45) is 1.40. The lowest BCUT2D eigenvalue weighted by Crippen LogP contribution is -2.18. The van der Waals surface area contributed by atoms with Gasteiger partial charge in [0.25, 0.3) is 0 Å². The molecule has 2 aromatic rings. The van der Waals surface area contributed by atoms with Gasteiger partial charge in [-0.3, -0.25) is 10.0 Å². The highest BCUT2D eigenvalue weighted by Gasteiger charge is 2.07. The molecule has 112 valence electrons. The van der Waals surface area contributed by atoms with Gasteiger partial charge in [0.05, 0.1) is 18.1 Å². The van der Waals surface area contributed by atoms with E-state index >= 15 is 0 Å². The lowest BCUT2D eigenvalue weighted by atomic mass is 10.2. The highest BCUT2D eigenvalue weighted by molar-refractivity contribution is 6.31. The van der Waals surface area contributed by atoms with E-state index in [0.717, 1.165) is 0 Å². The molecule has 0 aliphatic heterocycles. The number of amides is 1. The van der Waals surface area contributed by atoms with E-state index in [9.17, 15) is 9.59 Å². The third-order valence-electron chi connectivity index (χ3n) is 2.85. The molecular weight excluding hydrogens is 298 g/mol. The normalized spacial score (nSPS) is 10.6. The Balaban J connectivity index is 2.02. The van der Waals surface area contributed by atoms with Crippen molar-refractivity contribution in [3.63, 3.8) is 0 Å². The van der Waals surface area contributed by atoms with Gasteiger partial charge in [-0.1, -0.05) is 11.6 Å². The van der Waals surface area contributed by atoms with Gasteiger partial charge in [0.15, 0.2) is 0 Å². The number of hydroxylamine groups is 1. The number of rotatable bonds is 6. The first-order valence-corrected chi connectivity index (χ1v) is 6.77. The Kier molecular flexibility index (Phi) is 5.19. The molecule has 7 heteroatoms. The summed E-state index contributed by atoms with van der Waals surface area (Å²) in [7, 11) is 0. The van der Waals surface area contributed by atoms with Crippen LogP contribution in [-0.2, 0) is 4.79 Å². The number of carbonyl (C=O) groups is 1. The van der Waals surface area contributed by atoms with E-state index in [0.29, 0.717) is 41.2 Å². The van der Waals surface area contributed by atoms with Gasteiger partial charge in [0, 0.05) is 17.5 Å². The first-order chi connectivity index (χ1) is 10.1. The standard InChI is InChI=1S/C14H14ClNO5/c15-9-4-5-10-11(8-14(18)21-12(10)7-9)20-6-2-1-3-13(17)16-19/h4-5,7-8,19H,1-3,6H2,(H,16,17). The van der Waals surface area contributed by atoms with Crippen LogP contribution in [0.5, 0.6) is 5.75 Å². The van der Waals surface area contributed by atoms with E-state index < -0.39 is 11.5 Å². The van der Waals surface area contributed by atoms with Crippen molar-refractivity contribution in [3.8, 4) is 5.75 Å². The van der Waals surface area contributed by atoms with Crippen molar-refractivity contribution in [1.82, 2.24) is 5.48 Å². The molecule has 0 spiro atoms. The maximum Gasteiger partial charge on any atom is 0.339 e. The van der Waals surface area contributed by atoms with Gasteiger partial charge in [0.2, 0.25) is 5.91 Å². The second kappa shape index (κ2) is 7.10. The fourth-order valence-corrected chi connectivity index (χ4v) is 2.01. The molecule has 0 fully saturated rings. The number of unbranched alkanes of at least 4 members (excludes halogenated alkanes) is 1. The molecule has 0 radical (unpaired) electrons. The summed E-state index contributed by atoms with van der Waals surface area (Å²) in [5.74, 6) is -0.0139. The lowest BCUT2D eigenvalue weighted by Gasteiger charge is -2.08. The van der Waals surface area contributed by atoms with Crippen LogP contribution in [0, 0.1) is 0 Å². The lowest BCUT2D eigenvalue weighted by molar-refractivity contribution is -0.129. The third-order valence-corrected chi connectivity index (χ3v) is 3.08. The molecule has 0 bridgehead atoms. The second-order valence-corrected chi connectivity index (χ2v) is 4.85. The van der Waals surface area contributed by atoms with Gasteiger partial charge in [-0.25, -0.2) is 10.3 Å². The van der Waals surface area contributed by atoms with Crippen LogP contribution in [0.2, 0.25) is 5.02 Å². The number of hydrogen-bond acceptors (Lipinski definition) is 5. The van der Waals surface area contributed by atoms with Crippen molar-refractivity contribution in [1.29, 1.82) is 0 Å². The van der Waals surface area contributed by atoms with Crippen LogP contribution in [0.25, 0.3) is 11.0 Å². The molecule has 1 amide bonds. The van der Waals surface area contributed by atoms with Crippen molar-refractivity contribution in [2.75, 3.05) is 6.61 Å². The third kappa shape index (κ3) is 4.21. The zero-order valence-corrected chi connectivity index (χ0v) is 11.9. The monoisotopic (exact) mass is 311 g/mol. The van der Waals surface area contributed by atoms with Crippen LogP contribution < -0.4 is 15.8 Å². The van der Waals surface area contributed by atoms with Crippen molar-refractivity contribution in [2.45, 2.75) is 19.3 Å². The molecular formula is C14H14ClNO5. The van der Waals surface area contributed by atoms with Gasteiger partial charge >= 0.3 is 5.63 Å². The summed E-state index contributed by atoms with van der Waals surface area (Å²) in [5, 5.41) is 9.48. The van der Waals surface area contributed by atoms with Crippen LogP contribution >= 0.6 is 11.6 Å². The molecule has 0 atom stereocenters. The van der Waals surface area contributed by atoms with E-state index in [2.05, 4.69) is 0 Å². The molecule has 6 nitrogen and oxygen atoms in total. The topological polar surface area (TPSA) is 88.8 Å². The minimum atomic E-state index is -0.514. The minimum absolute atomic E-state index is 0.215. The molecule has 0 unspecified atom stereocenters. The van der Waals surface area contributed by atoms with Crippen LogP contribution in [0.15, 0.2) is 33.5 Å². The fourth-order valence-electron chi connectivity index (χ4n) is 1.85. The first kappa shape index (κ1) is 15.3. The van der Waals surface area contributed by atoms with Gasteiger partial charge < -0.3 is 9.15 Å². The maximum atomic E-state index is 11.5. The molecule has 0 aliphatic rings. The average molecular weight is 312 g/mol. The Bertz CT molecular complexity index is 697. The van der Waals surface area contributed by atoms with Gasteiger partial charge in [-0.15, -0.1) is 0 Å². The van der Waals surface area contributed by atoms with E-state index in [4.69, 9.17) is 26.0 Å². The van der Waals surface area contributed by atoms with Crippen LogP contribution in [0.3, 0.4) is 0 Å². The quantitative estimate of drug-likeness (QED) is 0.370. The summed E-state index contributed by atoms with van der Waals surface area (Å²) in [4.78, 5) is 22.3. The van der Waals surface area contributed by atoms with Crippen molar-refractivity contribution < 1.29 is 19.2 Å². The number of carbonyl (C=O) groups excluding carboxylic acids is 1. The molecule has 1 aromatic heterocycles. The molecule has 0 aliphatic carbocycles. The Morgan fingerprint density at radius 2 is 2.14 bits per heavy atom. The number of ether oxygens (including phenoxy) is 1. The molecule has 0 saturated carbocycles. The van der Waals surface area contributed by atoms with Crippen LogP contribution in [0.1, 0.15) is 19.3 Å². The predicted octanol–water partition coefficient (Wildman–Crippen LogP) is 2.50. The summed E-state index contributed by atoms with van der Waals surface area (Å²) >= 11 is 5.85. The zero-order chi connectivity index (χ0) is 15.2. The fraction of sp³-hybridized carbons (Fsp3) is 0.286. The van der Waals surface area contributed by atoms with Crippen LogP contribution in [0.4, 0.5) is 0 Å². The average Bonchev–Trinajstić information content (AvgIpc) is 2.45. The minimum Gasteiger partial charge on any atom is -0.493 e. The number of benzene rings is 1. The molecule has 0 saturated heterocycles. The number of halogens is 1. The van der Waals surface area contributed by atoms with Crippen molar-refractivity contribution in [3.05, 3.63) is 39.7 Å². The summed E-state index contributed by atoms with van der Waals surface area (Å²) < 4.78 is 10.6. The van der Waals surface area contributed by atoms with Gasteiger partial charge in [-0.2, -0.15) is 0 Å². The summed E-state index contributed by atoms with van der Waals surface area (Å²) in [6.45, 7) is 0.347. The number of fused-ring (bicyclic) bond motifs is 1. The molecule has 1 heterocycles. The maximum absolute atomic E-state index is 11.5. The highest BCUT2D eigenvalue weighted by Crippen LogP contribution is 2.26. The Morgan fingerprint density at radius 3 is 2.90 bits per heavy atom. The summed E-state index contributed by atoms with van der Waals surface area (Å²) in [6, 6.07) is 6.23. The van der Waals surface area contributed by atoms with Gasteiger partial charge in [-0.05, 0) is 25.0 Å². The van der Waals surface area contributed by atoms with Gasteiger partial charge in [0.1, 0.15) is 11.3 Å². The Hall–Kier alpha value is -2.05. The van der Waals surface area contributed by atoms with E-state index in [1.165, 1.54) is 6.07 Å². The number of nitrogens with one attached hydrogen (secondary N) is 1. The zero-order valence-electron chi connectivity index (χ0n) is 11.1. The summed E-state index contributed by atoms with van der Waals surface area (Å²) in [5.41, 5.74) is 1.42. The highest BCUT2D eigenvalue weighted by atomic mass is 35.5. The Labute approximate surface area is 125 Å². The largest absolute Gasteiger partial charge is 0.493 e. The Morgan fingerprint density at radius 1 is 1.33 bits per heavy atom. The molecule has 21 heavy (non-hydrogen) atoms. The van der Waals surface area contributed by atoms with E-state index in [1.807, 2.05) is 0 Å². The predicted molar refractivity (Wildman–Crippen MR) is 76.8 cm³/mol. The number of hydrogen-bond donors (Lipinski definition) is 2.